The lowest BCUT2D eigenvalue weighted by molar-refractivity contribution is -0.120. The smallest absolute Gasteiger partial charge is 0.224 e. The minimum atomic E-state index is -0.316. The minimum Gasteiger partial charge on any atom is -0.481 e. The molecule has 2 aromatic heterocycles. The molecule has 1 amide bonds. The molecule has 136 valence electrons. The van der Waals surface area contributed by atoms with E-state index in [1.54, 1.807) is 13.2 Å². The summed E-state index contributed by atoms with van der Waals surface area (Å²) in [7, 11) is 1.57. The van der Waals surface area contributed by atoms with E-state index in [0.717, 1.165) is 33.5 Å². The van der Waals surface area contributed by atoms with Gasteiger partial charge in [-0.05, 0) is 44.0 Å². The van der Waals surface area contributed by atoms with E-state index in [1.807, 2.05) is 32.9 Å². The fraction of sp³-hybridized carbons (Fsp3) is 0.300. The van der Waals surface area contributed by atoms with Crippen LogP contribution in [0.25, 0.3) is 10.9 Å². The van der Waals surface area contributed by atoms with Gasteiger partial charge in [0.25, 0.3) is 0 Å². The Hall–Kier alpha value is -2.89. The molecule has 2 heterocycles. The van der Waals surface area contributed by atoms with Crippen molar-refractivity contribution >= 4 is 16.8 Å². The number of nitrogens with one attached hydrogen (secondary N) is 2. The highest BCUT2D eigenvalue weighted by Gasteiger charge is 2.16. The van der Waals surface area contributed by atoms with Crippen molar-refractivity contribution in [1.82, 2.24) is 15.3 Å². The van der Waals surface area contributed by atoms with Gasteiger partial charge in [0.15, 0.2) is 0 Å². The molecule has 0 aliphatic rings. The lowest BCUT2D eigenvalue weighted by atomic mass is 10.1. The lowest BCUT2D eigenvalue weighted by Crippen LogP contribution is -2.25. The molecule has 5 nitrogen and oxygen atoms in total. The van der Waals surface area contributed by atoms with Gasteiger partial charge in [-0.2, -0.15) is 0 Å². The predicted octanol–water partition coefficient (Wildman–Crippen LogP) is 3.49. The SMILES string of the molecule is COc1nc(C)cc(C)c1CNC(=O)Cc1c(C)[nH]c2c(F)cccc12. The van der Waals surface area contributed by atoms with Gasteiger partial charge < -0.3 is 15.0 Å². The summed E-state index contributed by atoms with van der Waals surface area (Å²) in [5.74, 6) is 0.0665. The summed E-state index contributed by atoms with van der Waals surface area (Å²) in [4.78, 5) is 19.8. The number of benzene rings is 1. The predicted molar refractivity (Wildman–Crippen MR) is 98.8 cm³/mol. The minimum absolute atomic E-state index is 0.139. The molecule has 6 heteroatoms. The standard InChI is InChI=1S/C20H22FN3O2/c1-11-8-12(2)23-20(26-4)16(11)10-22-18(25)9-15-13(3)24-19-14(15)6-5-7-17(19)21/h5-8,24H,9-10H2,1-4H3,(H,22,25). The van der Waals surface area contributed by atoms with E-state index in [0.29, 0.717) is 17.9 Å². The Kier molecular flexibility index (Phi) is 4.93. The van der Waals surface area contributed by atoms with Gasteiger partial charge >= 0.3 is 0 Å². The normalized spacial score (nSPS) is 11.0. The van der Waals surface area contributed by atoms with Gasteiger partial charge in [-0.3, -0.25) is 4.79 Å². The Morgan fingerprint density at radius 3 is 2.77 bits per heavy atom. The Bertz CT molecular complexity index is 979. The summed E-state index contributed by atoms with van der Waals surface area (Å²) in [5.41, 5.74) is 4.78. The highest BCUT2D eigenvalue weighted by Crippen LogP contribution is 2.25. The highest BCUT2D eigenvalue weighted by atomic mass is 19.1. The molecule has 0 atom stereocenters. The molecule has 3 aromatic rings. The van der Waals surface area contributed by atoms with Crippen LogP contribution in [0.5, 0.6) is 5.88 Å². The van der Waals surface area contributed by atoms with Crippen molar-refractivity contribution in [3.05, 3.63) is 58.2 Å². The van der Waals surface area contributed by atoms with Crippen LogP contribution in [0.3, 0.4) is 0 Å². The molecule has 0 spiro atoms. The van der Waals surface area contributed by atoms with E-state index in [9.17, 15) is 9.18 Å². The van der Waals surface area contributed by atoms with Crippen LogP contribution < -0.4 is 10.1 Å². The number of fused-ring (bicyclic) bond motifs is 1. The second-order valence-electron chi connectivity index (χ2n) is 6.41. The van der Waals surface area contributed by atoms with E-state index in [4.69, 9.17) is 4.74 Å². The summed E-state index contributed by atoms with van der Waals surface area (Å²) in [5, 5.41) is 3.65. The average Bonchev–Trinajstić information content (AvgIpc) is 2.91. The largest absolute Gasteiger partial charge is 0.481 e. The summed E-state index contributed by atoms with van der Waals surface area (Å²) in [6.07, 6.45) is 0.177. The first-order valence-electron chi connectivity index (χ1n) is 8.44. The number of H-pyrrole nitrogens is 1. The second kappa shape index (κ2) is 7.15. The van der Waals surface area contributed by atoms with Gasteiger partial charge in [0.2, 0.25) is 11.8 Å². The Balaban J connectivity index is 1.77. The molecule has 26 heavy (non-hydrogen) atoms. The lowest BCUT2D eigenvalue weighted by Gasteiger charge is -2.13. The van der Waals surface area contributed by atoms with Crippen LogP contribution in [0.15, 0.2) is 24.3 Å². The van der Waals surface area contributed by atoms with Gasteiger partial charge in [-0.1, -0.05) is 12.1 Å². The van der Waals surface area contributed by atoms with Crippen LogP contribution in [0.4, 0.5) is 4.39 Å². The zero-order valence-electron chi connectivity index (χ0n) is 15.4. The van der Waals surface area contributed by atoms with Gasteiger partial charge in [0, 0.05) is 28.9 Å². The number of carbonyl (C=O) groups excluding carboxylic acids is 1. The molecule has 0 fully saturated rings. The molecule has 0 aliphatic heterocycles. The number of hydrogen-bond donors (Lipinski definition) is 2. The van der Waals surface area contributed by atoms with Crippen LogP contribution in [0.1, 0.15) is 28.1 Å². The third-order valence-corrected chi connectivity index (χ3v) is 4.53. The first kappa shape index (κ1) is 17.9. The Morgan fingerprint density at radius 2 is 2.04 bits per heavy atom. The van der Waals surface area contributed by atoms with Gasteiger partial charge in [0.05, 0.1) is 19.0 Å². The fourth-order valence-electron chi connectivity index (χ4n) is 3.22. The molecule has 0 bridgehead atoms. The number of nitrogens with zero attached hydrogens (tertiary/aromatic N) is 1. The summed E-state index contributed by atoms with van der Waals surface area (Å²) in [6.45, 7) is 6.04. The highest BCUT2D eigenvalue weighted by molar-refractivity contribution is 5.90. The number of carbonyl (C=O) groups is 1. The number of hydrogen-bond acceptors (Lipinski definition) is 3. The zero-order chi connectivity index (χ0) is 18.8. The van der Waals surface area contributed by atoms with Crippen molar-refractivity contribution in [2.45, 2.75) is 33.7 Å². The molecule has 1 aromatic carbocycles. The summed E-state index contributed by atoms with van der Waals surface area (Å²) < 4.78 is 19.2. The van der Waals surface area contributed by atoms with Crippen LogP contribution in [-0.4, -0.2) is 23.0 Å². The number of aryl methyl sites for hydroxylation is 3. The fourth-order valence-corrected chi connectivity index (χ4v) is 3.22. The molecule has 0 unspecified atom stereocenters. The van der Waals surface area contributed by atoms with Crippen LogP contribution in [0, 0.1) is 26.6 Å². The first-order chi connectivity index (χ1) is 12.4. The monoisotopic (exact) mass is 355 g/mol. The number of rotatable bonds is 5. The van der Waals surface area contributed by atoms with Crippen molar-refractivity contribution < 1.29 is 13.9 Å². The van der Waals surface area contributed by atoms with Crippen LogP contribution in [-0.2, 0) is 17.8 Å². The topological polar surface area (TPSA) is 67.0 Å². The molecule has 0 saturated heterocycles. The van der Waals surface area contributed by atoms with E-state index in [2.05, 4.69) is 15.3 Å². The van der Waals surface area contributed by atoms with Crippen molar-refractivity contribution in [3.8, 4) is 5.88 Å². The number of ether oxygens (including phenoxy) is 1. The maximum Gasteiger partial charge on any atom is 0.224 e. The van der Waals surface area contributed by atoms with Crippen molar-refractivity contribution in [3.63, 3.8) is 0 Å². The van der Waals surface area contributed by atoms with Crippen LogP contribution in [0.2, 0.25) is 0 Å². The van der Waals surface area contributed by atoms with Gasteiger partial charge in [-0.15, -0.1) is 0 Å². The number of aromatic nitrogens is 2. The number of methoxy groups -OCH3 is 1. The molecular weight excluding hydrogens is 333 g/mol. The van der Waals surface area contributed by atoms with E-state index >= 15 is 0 Å². The van der Waals surface area contributed by atoms with Crippen molar-refractivity contribution in [1.29, 1.82) is 0 Å². The second-order valence-corrected chi connectivity index (χ2v) is 6.41. The quantitative estimate of drug-likeness (QED) is 0.736. The molecular formula is C20H22FN3O2. The maximum absolute atomic E-state index is 13.9. The number of halogens is 1. The van der Waals surface area contributed by atoms with Gasteiger partial charge in [0.1, 0.15) is 5.82 Å². The van der Waals surface area contributed by atoms with E-state index in [1.165, 1.54) is 6.07 Å². The maximum atomic E-state index is 13.9. The molecule has 0 radical (unpaired) electrons. The Morgan fingerprint density at radius 1 is 1.27 bits per heavy atom. The summed E-state index contributed by atoms with van der Waals surface area (Å²) >= 11 is 0. The average molecular weight is 355 g/mol. The summed E-state index contributed by atoms with van der Waals surface area (Å²) in [6, 6.07) is 6.83. The van der Waals surface area contributed by atoms with E-state index in [-0.39, 0.29) is 18.1 Å². The van der Waals surface area contributed by atoms with Crippen molar-refractivity contribution in [2.75, 3.05) is 7.11 Å². The molecule has 0 aliphatic carbocycles. The first-order valence-corrected chi connectivity index (χ1v) is 8.44. The molecule has 3 rings (SSSR count). The third kappa shape index (κ3) is 3.40. The zero-order valence-corrected chi connectivity index (χ0v) is 15.4. The Labute approximate surface area is 151 Å². The molecule has 2 N–H and O–H groups in total. The van der Waals surface area contributed by atoms with E-state index < -0.39 is 0 Å². The number of amides is 1. The third-order valence-electron chi connectivity index (χ3n) is 4.53. The van der Waals surface area contributed by atoms with Gasteiger partial charge in [-0.25, -0.2) is 9.37 Å². The van der Waals surface area contributed by atoms with Crippen molar-refractivity contribution in [2.24, 2.45) is 0 Å². The number of para-hydroxylation sites is 1. The number of pyridine rings is 1. The molecule has 0 saturated carbocycles. The number of aromatic amines is 1. The van der Waals surface area contributed by atoms with Crippen LogP contribution >= 0.6 is 0 Å².